The molecule has 0 aliphatic rings. The van der Waals surface area contributed by atoms with Crippen LogP contribution in [0.5, 0.6) is 5.75 Å². The van der Waals surface area contributed by atoms with Gasteiger partial charge in [-0.1, -0.05) is 42.5 Å². The lowest BCUT2D eigenvalue weighted by Crippen LogP contribution is -2.19. The molecule has 0 saturated carbocycles. The number of hydrogen-bond acceptors (Lipinski definition) is 5. The number of aryl methyl sites for hydroxylation is 1. The van der Waals surface area contributed by atoms with Crippen LogP contribution in [0.1, 0.15) is 5.69 Å². The van der Waals surface area contributed by atoms with E-state index in [0.717, 1.165) is 22.3 Å². The van der Waals surface area contributed by atoms with Crippen molar-refractivity contribution in [2.24, 2.45) is 7.05 Å². The molecule has 7 nitrogen and oxygen atoms in total. The fourth-order valence-electron chi connectivity index (χ4n) is 3.57. The molecular formula is C25H21N5O2. The maximum Gasteiger partial charge on any atom is 0.251 e. The summed E-state index contributed by atoms with van der Waals surface area (Å²) in [5.74, 6) is 0.237. The van der Waals surface area contributed by atoms with Gasteiger partial charge in [-0.25, -0.2) is 4.68 Å². The molecule has 0 saturated heterocycles. The monoisotopic (exact) mass is 423 g/mol. The van der Waals surface area contributed by atoms with Crippen LogP contribution in [0, 0.1) is 0 Å². The van der Waals surface area contributed by atoms with E-state index in [1.54, 1.807) is 34.9 Å². The number of nitrogens with zero attached hydrogens (tertiary/aromatic N) is 5. The van der Waals surface area contributed by atoms with Crippen LogP contribution in [0.15, 0.2) is 90.0 Å². The van der Waals surface area contributed by atoms with Crippen LogP contribution in [-0.4, -0.2) is 31.2 Å². The van der Waals surface area contributed by atoms with Gasteiger partial charge in [-0.2, -0.15) is 10.2 Å². The minimum Gasteiger partial charge on any atom is -0.487 e. The van der Waals surface area contributed by atoms with Gasteiger partial charge < -0.3 is 4.74 Å². The zero-order valence-corrected chi connectivity index (χ0v) is 17.5. The fraction of sp³-hybridized carbons (Fsp3) is 0.120. The first-order chi connectivity index (χ1) is 15.7. The number of aromatic nitrogens is 5. The number of hydrogen-bond donors (Lipinski definition) is 0. The van der Waals surface area contributed by atoms with Crippen LogP contribution in [-0.2, 0) is 13.5 Å². The van der Waals surface area contributed by atoms with Gasteiger partial charge in [-0.05, 0) is 30.3 Å². The molecule has 2 aromatic carbocycles. The quantitative estimate of drug-likeness (QED) is 0.415. The van der Waals surface area contributed by atoms with Gasteiger partial charge >= 0.3 is 0 Å². The maximum atomic E-state index is 13.2. The highest BCUT2D eigenvalue weighted by atomic mass is 16.5. The van der Waals surface area contributed by atoms with Crippen LogP contribution < -0.4 is 10.2 Å². The van der Waals surface area contributed by atoms with E-state index < -0.39 is 0 Å². The van der Waals surface area contributed by atoms with Crippen molar-refractivity contribution in [3.63, 3.8) is 0 Å². The van der Waals surface area contributed by atoms with Gasteiger partial charge in [0.05, 0.1) is 29.7 Å². The molecule has 0 unspecified atom stereocenters. The second-order valence-corrected chi connectivity index (χ2v) is 7.39. The Morgan fingerprint density at radius 3 is 2.56 bits per heavy atom. The van der Waals surface area contributed by atoms with Gasteiger partial charge in [0.25, 0.3) is 5.43 Å². The summed E-state index contributed by atoms with van der Waals surface area (Å²) >= 11 is 0. The van der Waals surface area contributed by atoms with E-state index in [1.807, 2.05) is 66.7 Å². The van der Waals surface area contributed by atoms with E-state index in [2.05, 4.69) is 15.2 Å². The lowest BCUT2D eigenvalue weighted by molar-refractivity contribution is 0.314. The Kier molecular flexibility index (Phi) is 5.21. The van der Waals surface area contributed by atoms with E-state index in [0.29, 0.717) is 18.7 Å². The number of benzene rings is 2. The molecule has 0 aliphatic carbocycles. The highest BCUT2D eigenvalue weighted by Crippen LogP contribution is 2.18. The third-order valence-electron chi connectivity index (χ3n) is 5.24. The average Bonchev–Trinajstić information content (AvgIpc) is 3.26. The van der Waals surface area contributed by atoms with Crippen molar-refractivity contribution in [3.8, 4) is 22.8 Å². The van der Waals surface area contributed by atoms with Crippen molar-refractivity contribution in [1.29, 1.82) is 0 Å². The number of para-hydroxylation sites is 2. The normalized spacial score (nSPS) is 11.0. The molecule has 158 valence electrons. The lowest BCUT2D eigenvalue weighted by atomic mass is 10.2. The van der Waals surface area contributed by atoms with Crippen LogP contribution in [0.25, 0.3) is 28.0 Å². The molecular weight excluding hydrogens is 402 g/mol. The van der Waals surface area contributed by atoms with Gasteiger partial charge in [0.15, 0.2) is 11.4 Å². The van der Waals surface area contributed by atoms with E-state index in [1.165, 1.54) is 0 Å². The highest BCUT2D eigenvalue weighted by molar-refractivity contribution is 5.78. The molecule has 0 fully saturated rings. The Morgan fingerprint density at radius 2 is 1.75 bits per heavy atom. The minimum absolute atomic E-state index is 0.237. The van der Waals surface area contributed by atoms with Crippen LogP contribution >= 0.6 is 0 Å². The van der Waals surface area contributed by atoms with Gasteiger partial charge in [-0.3, -0.25) is 14.5 Å². The zero-order valence-electron chi connectivity index (χ0n) is 17.5. The summed E-state index contributed by atoms with van der Waals surface area (Å²) in [6, 6.07) is 23.4. The molecule has 5 rings (SSSR count). The predicted octanol–water partition coefficient (Wildman–Crippen LogP) is 3.80. The Balaban J connectivity index is 1.45. The van der Waals surface area contributed by atoms with Crippen LogP contribution in [0.3, 0.4) is 0 Å². The number of ether oxygens (including phenoxy) is 1. The Bertz CT molecular complexity index is 1440. The number of fused-ring (bicyclic) bond motifs is 1. The van der Waals surface area contributed by atoms with Crippen molar-refractivity contribution in [3.05, 3.63) is 101 Å². The second kappa shape index (κ2) is 8.47. The molecule has 0 radical (unpaired) electrons. The summed E-state index contributed by atoms with van der Waals surface area (Å²) in [4.78, 5) is 17.8. The molecule has 7 heteroatoms. The van der Waals surface area contributed by atoms with E-state index in [4.69, 9.17) is 4.74 Å². The van der Waals surface area contributed by atoms with E-state index in [9.17, 15) is 4.79 Å². The Labute approximate surface area is 184 Å². The van der Waals surface area contributed by atoms with Crippen molar-refractivity contribution < 1.29 is 4.74 Å². The van der Waals surface area contributed by atoms with Gasteiger partial charge in [-0.15, -0.1) is 0 Å². The summed E-state index contributed by atoms with van der Waals surface area (Å²) < 4.78 is 9.24. The second-order valence-electron chi connectivity index (χ2n) is 7.39. The van der Waals surface area contributed by atoms with Gasteiger partial charge in [0, 0.05) is 30.7 Å². The van der Waals surface area contributed by atoms with Crippen molar-refractivity contribution in [2.45, 2.75) is 6.42 Å². The predicted molar refractivity (Wildman–Crippen MR) is 123 cm³/mol. The van der Waals surface area contributed by atoms with Crippen LogP contribution in [0.2, 0.25) is 0 Å². The lowest BCUT2D eigenvalue weighted by Gasteiger charge is -2.12. The number of pyridine rings is 1. The topological polar surface area (TPSA) is 74.8 Å². The molecule has 5 aromatic rings. The highest BCUT2D eigenvalue weighted by Gasteiger charge is 2.16. The van der Waals surface area contributed by atoms with E-state index in [-0.39, 0.29) is 16.9 Å². The van der Waals surface area contributed by atoms with Crippen LogP contribution in [0.4, 0.5) is 0 Å². The SMILES string of the molecule is Cn1nccc1-c1nn(-c2ccccc2)cc(OCCc2ccc3ccccc3n2)c1=O. The molecule has 0 bridgehead atoms. The first-order valence-corrected chi connectivity index (χ1v) is 10.3. The first-order valence-electron chi connectivity index (χ1n) is 10.3. The molecule has 32 heavy (non-hydrogen) atoms. The largest absolute Gasteiger partial charge is 0.487 e. The molecule has 0 atom stereocenters. The molecule has 0 spiro atoms. The third-order valence-corrected chi connectivity index (χ3v) is 5.24. The third kappa shape index (κ3) is 3.88. The molecule has 3 heterocycles. The summed E-state index contributed by atoms with van der Waals surface area (Å²) in [5.41, 5.74) is 3.33. The fourth-order valence-corrected chi connectivity index (χ4v) is 3.57. The summed E-state index contributed by atoms with van der Waals surface area (Å²) in [6.07, 6.45) is 3.85. The standard InChI is InChI=1S/C25H21N5O2/c1-29-22(13-15-26-29)24-25(31)23(17-30(28-24)20-8-3-2-4-9-20)32-16-14-19-12-11-18-7-5-6-10-21(18)27-19/h2-13,15,17H,14,16H2,1H3. The van der Waals surface area contributed by atoms with Crippen molar-refractivity contribution >= 4 is 10.9 Å². The Hall–Kier alpha value is -4.26. The molecule has 0 aliphatic heterocycles. The van der Waals surface area contributed by atoms with Gasteiger partial charge in [0.1, 0.15) is 0 Å². The number of rotatable bonds is 6. The molecule has 0 N–H and O–H groups in total. The average molecular weight is 423 g/mol. The molecule has 3 aromatic heterocycles. The summed E-state index contributed by atoms with van der Waals surface area (Å²) in [6.45, 7) is 0.324. The summed E-state index contributed by atoms with van der Waals surface area (Å²) in [7, 11) is 1.78. The van der Waals surface area contributed by atoms with Gasteiger partial charge in [0.2, 0.25) is 0 Å². The maximum absolute atomic E-state index is 13.2. The van der Waals surface area contributed by atoms with Crippen molar-refractivity contribution in [1.82, 2.24) is 24.5 Å². The zero-order chi connectivity index (χ0) is 21.9. The first kappa shape index (κ1) is 19.7. The summed E-state index contributed by atoms with van der Waals surface area (Å²) in [5, 5.41) is 9.83. The van der Waals surface area contributed by atoms with E-state index >= 15 is 0 Å². The smallest absolute Gasteiger partial charge is 0.251 e. The minimum atomic E-state index is -0.271. The Morgan fingerprint density at radius 1 is 0.938 bits per heavy atom. The molecule has 0 amide bonds. The van der Waals surface area contributed by atoms with Crippen molar-refractivity contribution in [2.75, 3.05) is 6.61 Å².